The molecule has 2 rings (SSSR count). The summed E-state index contributed by atoms with van der Waals surface area (Å²) in [6.45, 7) is 7.60. The van der Waals surface area contributed by atoms with E-state index in [0.717, 1.165) is 5.56 Å². The van der Waals surface area contributed by atoms with Gasteiger partial charge in [-0.25, -0.2) is 4.68 Å². The van der Waals surface area contributed by atoms with Gasteiger partial charge in [0.05, 0.1) is 6.20 Å². The third-order valence-corrected chi connectivity index (χ3v) is 3.46. The Hall–Kier alpha value is -2.01. The van der Waals surface area contributed by atoms with E-state index in [2.05, 4.69) is 10.4 Å². The number of halogens is 1. The Morgan fingerprint density at radius 3 is 2.68 bits per heavy atom. The van der Waals surface area contributed by atoms with Crippen LogP contribution in [0.2, 0.25) is 5.02 Å². The first-order chi connectivity index (χ1) is 10.4. The summed E-state index contributed by atoms with van der Waals surface area (Å²) in [5.41, 5.74) is 0.888. The zero-order valence-electron chi connectivity index (χ0n) is 13.1. The third-order valence-electron chi connectivity index (χ3n) is 3.22. The number of nitrogens with zero attached hydrogens (tertiary/aromatic N) is 2. The molecule has 1 heterocycles. The Morgan fingerprint density at radius 1 is 1.32 bits per heavy atom. The SMILES string of the molecule is Cc1cc(Cl)ccc1OC(C)C(=O)Nc1ccnn1C(C)C. The van der Waals surface area contributed by atoms with Crippen LogP contribution in [0.15, 0.2) is 30.5 Å². The van der Waals surface area contributed by atoms with E-state index in [9.17, 15) is 4.79 Å². The van der Waals surface area contributed by atoms with Gasteiger partial charge in [-0.1, -0.05) is 11.6 Å². The quantitative estimate of drug-likeness (QED) is 0.910. The number of anilines is 1. The van der Waals surface area contributed by atoms with Crippen molar-refractivity contribution in [2.24, 2.45) is 0 Å². The lowest BCUT2D eigenvalue weighted by Crippen LogP contribution is -2.31. The van der Waals surface area contributed by atoms with Crippen molar-refractivity contribution in [3.63, 3.8) is 0 Å². The summed E-state index contributed by atoms with van der Waals surface area (Å²) < 4.78 is 7.46. The summed E-state index contributed by atoms with van der Waals surface area (Å²) in [6, 6.07) is 7.23. The molecular weight excluding hydrogens is 302 g/mol. The van der Waals surface area contributed by atoms with Crippen molar-refractivity contribution in [1.82, 2.24) is 9.78 Å². The number of nitrogens with one attached hydrogen (secondary N) is 1. The maximum Gasteiger partial charge on any atom is 0.266 e. The van der Waals surface area contributed by atoms with Crippen molar-refractivity contribution < 1.29 is 9.53 Å². The number of carbonyl (C=O) groups excluding carboxylic acids is 1. The number of aromatic nitrogens is 2. The third kappa shape index (κ3) is 3.80. The van der Waals surface area contributed by atoms with Gasteiger partial charge < -0.3 is 10.1 Å². The minimum absolute atomic E-state index is 0.167. The normalized spacial score (nSPS) is 12.3. The van der Waals surface area contributed by atoms with Crippen LogP contribution in [0.25, 0.3) is 0 Å². The average molecular weight is 322 g/mol. The fourth-order valence-corrected chi connectivity index (χ4v) is 2.27. The molecule has 0 aliphatic rings. The molecule has 2 aromatic rings. The lowest BCUT2D eigenvalue weighted by molar-refractivity contribution is -0.122. The number of hydrogen-bond donors (Lipinski definition) is 1. The van der Waals surface area contributed by atoms with Gasteiger partial charge in [-0.2, -0.15) is 5.10 Å². The highest BCUT2D eigenvalue weighted by Gasteiger charge is 2.18. The maximum atomic E-state index is 12.3. The average Bonchev–Trinajstić information content (AvgIpc) is 2.90. The minimum Gasteiger partial charge on any atom is -0.481 e. The molecule has 0 aliphatic carbocycles. The summed E-state index contributed by atoms with van der Waals surface area (Å²) in [7, 11) is 0. The molecule has 1 atom stereocenters. The summed E-state index contributed by atoms with van der Waals surface area (Å²) in [4.78, 5) is 12.3. The van der Waals surface area contributed by atoms with Crippen LogP contribution in [0.3, 0.4) is 0 Å². The highest BCUT2D eigenvalue weighted by molar-refractivity contribution is 6.30. The molecule has 1 aromatic carbocycles. The van der Waals surface area contributed by atoms with E-state index < -0.39 is 6.10 Å². The van der Waals surface area contributed by atoms with Crippen molar-refractivity contribution in [2.75, 3.05) is 5.32 Å². The second-order valence-corrected chi connectivity index (χ2v) is 5.85. The zero-order chi connectivity index (χ0) is 16.3. The summed E-state index contributed by atoms with van der Waals surface area (Å²) in [5.74, 6) is 1.07. The molecule has 1 N–H and O–H groups in total. The fraction of sp³-hybridized carbons (Fsp3) is 0.375. The van der Waals surface area contributed by atoms with Gasteiger partial charge >= 0.3 is 0 Å². The molecule has 5 nitrogen and oxygen atoms in total. The molecule has 0 saturated carbocycles. The number of amides is 1. The van der Waals surface area contributed by atoms with Crippen LogP contribution >= 0.6 is 11.6 Å². The maximum absolute atomic E-state index is 12.3. The lowest BCUT2D eigenvalue weighted by Gasteiger charge is -2.17. The van der Waals surface area contributed by atoms with Crippen molar-refractivity contribution >= 4 is 23.3 Å². The monoisotopic (exact) mass is 321 g/mol. The summed E-state index contributed by atoms with van der Waals surface area (Å²) in [6.07, 6.45) is 1.03. The number of hydrogen-bond acceptors (Lipinski definition) is 3. The second-order valence-electron chi connectivity index (χ2n) is 5.41. The molecule has 0 aliphatic heterocycles. The molecule has 1 amide bonds. The van der Waals surface area contributed by atoms with Crippen LogP contribution in [-0.4, -0.2) is 21.8 Å². The van der Waals surface area contributed by atoms with Crippen LogP contribution < -0.4 is 10.1 Å². The molecule has 1 unspecified atom stereocenters. The predicted octanol–water partition coefficient (Wildman–Crippen LogP) is 3.83. The van der Waals surface area contributed by atoms with Gasteiger partial charge in [0.1, 0.15) is 11.6 Å². The van der Waals surface area contributed by atoms with Crippen molar-refractivity contribution in [3.8, 4) is 5.75 Å². The molecule has 1 aromatic heterocycles. The molecule has 0 bridgehead atoms. The van der Waals surface area contributed by atoms with E-state index in [1.165, 1.54) is 0 Å². The Labute approximate surface area is 135 Å². The first-order valence-corrected chi connectivity index (χ1v) is 7.53. The fourth-order valence-electron chi connectivity index (χ4n) is 2.04. The van der Waals surface area contributed by atoms with E-state index in [1.807, 2.05) is 20.8 Å². The largest absolute Gasteiger partial charge is 0.481 e. The van der Waals surface area contributed by atoms with Crippen LogP contribution in [0, 0.1) is 6.92 Å². The topological polar surface area (TPSA) is 56.1 Å². The van der Waals surface area contributed by atoms with Crippen LogP contribution in [0.1, 0.15) is 32.4 Å². The standard InChI is InChI=1S/C16H20ClN3O2/c1-10(2)20-15(7-8-18-20)19-16(21)12(4)22-14-6-5-13(17)9-11(14)3/h5-10,12H,1-4H3,(H,19,21). The van der Waals surface area contributed by atoms with Crippen molar-refractivity contribution in [2.45, 2.75) is 39.8 Å². The Bertz CT molecular complexity index is 667. The number of ether oxygens (including phenoxy) is 1. The van der Waals surface area contributed by atoms with E-state index >= 15 is 0 Å². The van der Waals surface area contributed by atoms with Crippen LogP contribution in [0.4, 0.5) is 5.82 Å². The van der Waals surface area contributed by atoms with Crippen molar-refractivity contribution in [1.29, 1.82) is 0 Å². The Kier molecular flexibility index (Phi) is 5.08. The van der Waals surface area contributed by atoms with Crippen LogP contribution in [-0.2, 0) is 4.79 Å². The minimum atomic E-state index is -0.629. The predicted molar refractivity (Wildman–Crippen MR) is 87.5 cm³/mol. The van der Waals surface area contributed by atoms with E-state index in [0.29, 0.717) is 16.6 Å². The van der Waals surface area contributed by atoms with E-state index in [4.69, 9.17) is 16.3 Å². The smallest absolute Gasteiger partial charge is 0.266 e. The number of carbonyl (C=O) groups is 1. The molecule has 6 heteroatoms. The van der Waals surface area contributed by atoms with Gasteiger partial charge in [0.2, 0.25) is 0 Å². The van der Waals surface area contributed by atoms with Crippen molar-refractivity contribution in [3.05, 3.63) is 41.0 Å². The Morgan fingerprint density at radius 2 is 2.05 bits per heavy atom. The van der Waals surface area contributed by atoms with Gasteiger partial charge in [-0.05, 0) is 51.5 Å². The summed E-state index contributed by atoms with van der Waals surface area (Å²) in [5, 5.41) is 7.66. The molecule has 0 saturated heterocycles. The molecular formula is C16H20ClN3O2. The molecule has 0 fully saturated rings. The number of benzene rings is 1. The van der Waals surface area contributed by atoms with Gasteiger partial charge in [-0.3, -0.25) is 4.79 Å². The molecule has 118 valence electrons. The van der Waals surface area contributed by atoms with Gasteiger partial charge in [-0.15, -0.1) is 0 Å². The highest BCUT2D eigenvalue weighted by atomic mass is 35.5. The first-order valence-electron chi connectivity index (χ1n) is 7.15. The highest BCUT2D eigenvalue weighted by Crippen LogP contribution is 2.23. The molecule has 22 heavy (non-hydrogen) atoms. The molecule has 0 radical (unpaired) electrons. The van der Waals surface area contributed by atoms with Crippen LogP contribution in [0.5, 0.6) is 5.75 Å². The Balaban J connectivity index is 2.04. The lowest BCUT2D eigenvalue weighted by atomic mass is 10.2. The second kappa shape index (κ2) is 6.83. The number of aryl methyl sites for hydroxylation is 1. The zero-order valence-corrected chi connectivity index (χ0v) is 13.9. The van der Waals surface area contributed by atoms with Gasteiger partial charge in [0.25, 0.3) is 5.91 Å². The van der Waals surface area contributed by atoms with Gasteiger partial charge in [0.15, 0.2) is 6.10 Å². The molecule has 0 spiro atoms. The summed E-state index contributed by atoms with van der Waals surface area (Å²) >= 11 is 5.91. The first kappa shape index (κ1) is 16.4. The number of rotatable bonds is 5. The van der Waals surface area contributed by atoms with E-state index in [-0.39, 0.29) is 11.9 Å². The van der Waals surface area contributed by atoms with Gasteiger partial charge in [0, 0.05) is 17.1 Å². The van der Waals surface area contributed by atoms with E-state index in [1.54, 1.807) is 42.1 Å².